The Bertz CT molecular complexity index is 1870. The molecule has 0 bridgehead atoms. The van der Waals surface area contributed by atoms with Gasteiger partial charge in [-0.15, -0.1) is 0 Å². The van der Waals surface area contributed by atoms with Gasteiger partial charge >= 0.3 is 0 Å². The Morgan fingerprint density at radius 2 is 1.19 bits per heavy atom. The molecule has 0 spiro atoms. The quantitative estimate of drug-likeness (QED) is 0.133. The van der Waals surface area contributed by atoms with Crippen molar-refractivity contribution in [3.05, 3.63) is 142 Å². The standard InChI is InChI=1S/C23H21ClN4O3.C13H11ClN2O/c24-19-8-7-18(14-20(19)27-22(29)16-4-2-1-3-5-16)26-23(30)17-6-9-21(25-15-17)28-10-12-31-13-11-28;14-11-7-6-10(15)8-12(11)16-13(17)9-4-2-1-3-5-9/h1-9,14-15H,10-13H2,(H,26,30)(H,27,29);1-8H,15H2,(H,16,17). The molecular weight excluding hydrogens is 651 g/mol. The molecule has 3 amide bonds. The number of nitrogens with two attached hydrogens (primary N) is 1. The summed E-state index contributed by atoms with van der Waals surface area (Å²) in [5, 5.41) is 9.14. The molecule has 12 heteroatoms. The van der Waals surface area contributed by atoms with E-state index in [-0.39, 0.29) is 17.7 Å². The molecule has 5 aromatic rings. The summed E-state index contributed by atoms with van der Waals surface area (Å²) in [4.78, 5) is 43.4. The lowest BCUT2D eigenvalue weighted by Crippen LogP contribution is -2.36. The summed E-state index contributed by atoms with van der Waals surface area (Å²) >= 11 is 12.2. The normalized spacial score (nSPS) is 12.2. The van der Waals surface area contributed by atoms with Crippen molar-refractivity contribution in [3.63, 3.8) is 0 Å². The molecule has 0 radical (unpaired) electrons. The molecule has 244 valence electrons. The third-order valence-corrected chi connectivity index (χ3v) is 7.79. The van der Waals surface area contributed by atoms with E-state index in [1.165, 1.54) is 0 Å². The summed E-state index contributed by atoms with van der Waals surface area (Å²) in [6.45, 7) is 2.90. The molecule has 4 aromatic carbocycles. The highest BCUT2D eigenvalue weighted by Gasteiger charge is 2.15. The third-order valence-electron chi connectivity index (χ3n) is 7.13. The number of carbonyl (C=O) groups is 3. The van der Waals surface area contributed by atoms with Gasteiger partial charge in [-0.1, -0.05) is 59.6 Å². The molecule has 6 rings (SSSR count). The van der Waals surface area contributed by atoms with E-state index in [0.717, 1.165) is 18.9 Å². The van der Waals surface area contributed by atoms with Crippen LogP contribution < -0.4 is 26.6 Å². The van der Waals surface area contributed by atoms with Crippen molar-refractivity contribution in [3.8, 4) is 0 Å². The molecule has 2 heterocycles. The van der Waals surface area contributed by atoms with E-state index in [9.17, 15) is 14.4 Å². The van der Waals surface area contributed by atoms with E-state index in [4.69, 9.17) is 33.7 Å². The van der Waals surface area contributed by atoms with E-state index < -0.39 is 0 Å². The number of rotatable bonds is 7. The van der Waals surface area contributed by atoms with Gasteiger partial charge in [-0.3, -0.25) is 14.4 Å². The van der Waals surface area contributed by atoms with Crippen LogP contribution in [0.4, 0.5) is 28.6 Å². The third kappa shape index (κ3) is 9.32. The van der Waals surface area contributed by atoms with Crippen LogP contribution in [-0.2, 0) is 4.74 Å². The maximum absolute atomic E-state index is 12.6. The van der Waals surface area contributed by atoms with E-state index in [2.05, 4.69) is 25.8 Å². The number of aromatic nitrogens is 1. The molecule has 1 saturated heterocycles. The first kappa shape index (κ1) is 33.9. The number of hydrogen-bond donors (Lipinski definition) is 4. The van der Waals surface area contributed by atoms with Gasteiger partial charge < -0.3 is 31.3 Å². The lowest BCUT2D eigenvalue weighted by molar-refractivity contribution is 0.101. The van der Waals surface area contributed by atoms with Crippen molar-refractivity contribution in [2.24, 2.45) is 0 Å². The largest absolute Gasteiger partial charge is 0.399 e. The van der Waals surface area contributed by atoms with Crippen LogP contribution in [0.15, 0.2) is 115 Å². The first-order chi connectivity index (χ1) is 23.3. The van der Waals surface area contributed by atoms with Crippen molar-refractivity contribution in [2.75, 3.05) is 52.9 Å². The first-order valence-electron chi connectivity index (χ1n) is 14.9. The molecule has 1 aliphatic heterocycles. The van der Waals surface area contributed by atoms with Crippen molar-refractivity contribution in [1.29, 1.82) is 0 Å². The van der Waals surface area contributed by atoms with Crippen molar-refractivity contribution < 1.29 is 19.1 Å². The fourth-order valence-corrected chi connectivity index (χ4v) is 4.94. The van der Waals surface area contributed by atoms with Crippen LogP contribution in [0.5, 0.6) is 0 Å². The average Bonchev–Trinajstić information content (AvgIpc) is 3.12. The Morgan fingerprint density at radius 3 is 1.75 bits per heavy atom. The second-order valence-corrected chi connectivity index (χ2v) is 11.3. The Balaban J connectivity index is 0.000000224. The Labute approximate surface area is 287 Å². The first-order valence-corrected chi connectivity index (χ1v) is 15.7. The number of hydrogen-bond acceptors (Lipinski definition) is 7. The SMILES string of the molecule is Nc1ccc(Cl)c(NC(=O)c2ccccc2)c1.O=C(Nc1ccc(Cl)c(NC(=O)c2ccccc2)c1)c1ccc(N2CCOCC2)nc1. The van der Waals surface area contributed by atoms with Gasteiger partial charge in [0.1, 0.15) is 5.82 Å². The fourth-order valence-electron chi connectivity index (χ4n) is 4.61. The highest BCUT2D eigenvalue weighted by molar-refractivity contribution is 6.34. The van der Waals surface area contributed by atoms with Crippen LogP contribution in [0.1, 0.15) is 31.1 Å². The highest BCUT2D eigenvalue weighted by Crippen LogP contribution is 2.27. The van der Waals surface area contributed by atoms with Gasteiger partial charge in [-0.2, -0.15) is 0 Å². The number of nitrogens with one attached hydrogen (secondary N) is 3. The summed E-state index contributed by atoms with van der Waals surface area (Å²) in [6.07, 6.45) is 1.55. The molecule has 1 aliphatic rings. The van der Waals surface area contributed by atoms with Crippen LogP contribution in [0.3, 0.4) is 0 Å². The number of anilines is 5. The van der Waals surface area contributed by atoms with Gasteiger partial charge in [0, 0.05) is 41.8 Å². The van der Waals surface area contributed by atoms with Gasteiger partial charge in [0.2, 0.25) is 0 Å². The topological polar surface area (TPSA) is 139 Å². The summed E-state index contributed by atoms with van der Waals surface area (Å²) in [5.41, 5.74) is 9.14. The van der Waals surface area contributed by atoms with E-state index in [1.54, 1.807) is 97.2 Å². The molecule has 1 fully saturated rings. The molecule has 0 saturated carbocycles. The molecular formula is C36H32Cl2N6O4. The van der Waals surface area contributed by atoms with Crippen molar-refractivity contribution in [2.45, 2.75) is 0 Å². The zero-order chi connectivity index (χ0) is 33.9. The number of ether oxygens (including phenoxy) is 1. The Hall–Kier alpha value is -5.42. The predicted octanol–water partition coefficient (Wildman–Crippen LogP) is 7.25. The number of pyridine rings is 1. The second-order valence-electron chi connectivity index (χ2n) is 10.5. The maximum Gasteiger partial charge on any atom is 0.257 e. The van der Waals surface area contributed by atoms with Crippen LogP contribution in [0, 0.1) is 0 Å². The number of amides is 3. The summed E-state index contributed by atoms with van der Waals surface area (Å²) in [5.74, 6) is 0.0212. The molecule has 48 heavy (non-hydrogen) atoms. The summed E-state index contributed by atoms with van der Waals surface area (Å²) in [6, 6.07) is 31.2. The minimum atomic E-state index is -0.302. The lowest BCUT2D eigenvalue weighted by Gasteiger charge is -2.27. The number of morpholine rings is 1. The Kier molecular flexibility index (Phi) is 11.6. The van der Waals surface area contributed by atoms with Gasteiger partial charge in [-0.05, 0) is 72.8 Å². The van der Waals surface area contributed by atoms with Crippen LogP contribution in [0.25, 0.3) is 0 Å². The van der Waals surface area contributed by atoms with Gasteiger partial charge in [0.15, 0.2) is 0 Å². The highest BCUT2D eigenvalue weighted by atomic mass is 35.5. The van der Waals surface area contributed by atoms with Crippen LogP contribution in [-0.4, -0.2) is 49.0 Å². The predicted molar refractivity (Wildman–Crippen MR) is 191 cm³/mol. The zero-order valence-electron chi connectivity index (χ0n) is 25.7. The molecule has 1 aromatic heterocycles. The molecule has 5 N–H and O–H groups in total. The second kappa shape index (κ2) is 16.4. The molecule has 0 atom stereocenters. The van der Waals surface area contributed by atoms with E-state index in [1.807, 2.05) is 18.2 Å². The van der Waals surface area contributed by atoms with Gasteiger partial charge in [-0.25, -0.2) is 4.98 Å². The summed E-state index contributed by atoms with van der Waals surface area (Å²) < 4.78 is 5.35. The minimum absolute atomic E-state index is 0.210. The Morgan fingerprint density at radius 1 is 0.646 bits per heavy atom. The number of carbonyl (C=O) groups excluding carboxylic acids is 3. The van der Waals surface area contributed by atoms with Gasteiger partial charge in [0.25, 0.3) is 17.7 Å². The summed E-state index contributed by atoms with van der Waals surface area (Å²) in [7, 11) is 0. The number of nitrogen functional groups attached to an aromatic ring is 1. The lowest BCUT2D eigenvalue weighted by atomic mass is 10.2. The van der Waals surface area contributed by atoms with Crippen molar-refractivity contribution in [1.82, 2.24) is 4.98 Å². The molecule has 0 aliphatic carbocycles. The monoisotopic (exact) mass is 682 g/mol. The minimum Gasteiger partial charge on any atom is -0.399 e. The molecule has 10 nitrogen and oxygen atoms in total. The van der Waals surface area contributed by atoms with E-state index in [0.29, 0.717) is 62.7 Å². The average molecular weight is 684 g/mol. The number of benzene rings is 4. The van der Waals surface area contributed by atoms with Gasteiger partial charge in [0.05, 0.1) is 40.2 Å². The van der Waals surface area contributed by atoms with Crippen LogP contribution >= 0.6 is 23.2 Å². The number of halogens is 2. The zero-order valence-corrected chi connectivity index (χ0v) is 27.2. The van der Waals surface area contributed by atoms with Crippen LogP contribution in [0.2, 0.25) is 10.0 Å². The fraction of sp³-hybridized carbons (Fsp3) is 0.111. The number of nitrogens with zero attached hydrogens (tertiary/aromatic N) is 2. The smallest absolute Gasteiger partial charge is 0.257 e. The maximum atomic E-state index is 12.6. The van der Waals surface area contributed by atoms with E-state index >= 15 is 0 Å². The molecule has 0 unspecified atom stereocenters. The van der Waals surface area contributed by atoms with Crippen molar-refractivity contribution >= 4 is 69.5 Å².